The summed E-state index contributed by atoms with van der Waals surface area (Å²) < 4.78 is 1.78. The highest BCUT2D eigenvalue weighted by Crippen LogP contribution is 2.12. The Morgan fingerprint density at radius 3 is 2.19 bits per heavy atom. The number of rotatable bonds is 3. The fourth-order valence-corrected chi connectivity index (χ4v) is 2.72. The van der Waals surface area contributed by atoms with E-state index < -0.39 is 0 Å². The number of amides is 2. The molecule has 1 heterocycles. The van der Waals surface area contributed by atoms with Gasteiger partial charge in [0.1, 0.15) is 0 Å². The molecule has 0 aliphatic heterocycles. The number of aryl methyl sites for hydroxylation is 3. The lowest BCUT2D eigenvalue weighted by Gasteiger charge is -2.10. The molecule has 0 atom stereocenters. The zero-order chi connectivity index (χ0) is 18.7. The highest BCUT2D eigenvalue weighted by atomic mass is 16.2. The number of hydrogen-bond acceptors (Lipinski definition) is 3. The summed E-state index contributed by atoms with van der Waals surface area (Å²) in [5.74, 6) is -0.730. The van der Waals surface area contributed by atoms with Gasteiger partial charge in [-0.3, -0.25) is 20.4 Å². The van der Waals surface area contributed by atoms with E-state index in [1.165, 1.54) is 0 Å². The third-order valence-corrected chi connectivity index (χ3v) is 4.12. The third-order valence-electron chi connectivity index (χ3n) is 4.12. The summed E-state index contributed by atoms with van der Waals surface area (Å²) >= 11 is 0. The molecule has 0 unspecified atom stereocenters. The molecule has 0 saturated heterocycles. The van der Waals surface area contributed by atoms with E-state index in [0.717, 1.165) is 22.5 Å². The van der Waals surface area contributed by atoms with Crippen LogP contribution in [0.25, 0.3) is 5.69 Å². The van der Waals surface area contributed by atoms with Crippen molar-refractivity contribution < 1.29 is 9.59 Å². The molecule has 0 saturated carbocycles. The monoisotopic (exact) mass is 348 g/mol. The molecule has 26 heavy (non-hydrogen) atoms. The summed E-state index contributed by atoms with van der Waals surface area (Å²) in [6.45, 7) is 5.78. The Bertz CT molecular complexity index is 958. The molecule has 132 valence electrons. The zero-order valence-corrected chi connectivity index (χ0v) is 14.9. The molecule has 2 N–H and O–H groups in total. The minimum absolute atomic E-state index is 0.348. The third kappa shape index (κ3) is 3.64. The Labute approximate surface area is 151 Å². The molecule has 6 nitrogen and oxygen atoms in total. The van der Waals surface area contributed by atoms with Crippen molar-refractivity contribution >= 4 is 11.8 Å². The molecule has 0 fully saturated rings. The van der Waals surface area contributed by atoms with Crippen LogP contribution < -0.4 is 10.9 Å². The number of nitrogens with zero attached hydrogens (tertiary/aromatic N) is 2. The first-order valence-corrected chi connectivity index (χ1v) is 8.25. The largest absolute Gasteiger partial charge is 0.269 e. The van der Waals surface area contributed by atoms with E-state index in [-0.39, 0.29) is 11.8 Å². The molecule has 0 bridgehead atoms. The summed E-state index contributed by atoms with van der Waals surface area (Å²) in [5.41, 5.74) is 9.67. The smallest absolute Gasteiger partial charge is 0.267 e. The van der Waals surface area contributed by atoms with Crippen LogP contribution in [0, 0.1) is 20.8 Å². The van der Waals surface area contributed by atoms with Crippen molar-refractivity contribution in [3.05, 3.63) is 82.7 Å². The van der Waals surface area contributed by atoms with Crippen LogP contribution in [0.1, 0.15) is 37.5 Å². The van der Waals surface area contributed by atoms with Gasteiger partial charge in [0.2, 0.25) is 0 Å². The van der Waals surface area contributed by atoms with Gasteiger partial charge in [-0.05, 0) is 62.7 Å². The first-order chi connectivity index (χ1) is 12.5. The predicted molar refractivity (Wildman–Crippen MR) is 99.1 cm³/mol. The van der Waals surface area contributed by atoms with Crippen molar-refractivity contribution in [1.29, 1.82) is 0 Å². The van der Waals surface area contributed by atoms with Gasteiger partial charge in [0, 0.05) is 23.0 Å². The highest BCUT2D eigenvalue weighted by Gasteiger charge is 2.11. The average molecular weight is 348 g/mol. The highest BCUT2D eigenvalue weighted by molar-refractivity contribution is 5.99. The topological polar surface area (TPSA) is 76.0 Å². The second-order valence-corrected chi connectivity index (χ2v) is 6.16. The molecule has 6 heteroatoms. The fraction of sp³-hybridized carbons (Fsp3) is 0.150. The Morgan fingerprint density at radius 1 is 0.885 bits per heavy atom. The van der Waals surface area contributed by atoms with Crippen molar-refractivity contribution in [2.75, 3.05) is 0 Å². The predicted octanol–water partition coefficient (Wildman–Crippen LogP) is 2.87. The van der Waals surface area contributed by atoms with E-state index in [1.807, 2.05) is 39.0 Å². The quantitative estimate of drug-likeness (QED) is 0.715. The van der Waals surface area contributed by atoms with Crippen LogP contribution in [0.2, 0.25) is 0 Å². The van der Waals surface area contributed by atoms with Crippen molar-refractivity contribution in [2.45, 2.75) is 20.8 Å². The van der Waals surface area contributed by atoms with E-state index in [9.17, 15) is 9.59 Å². The molecule has 3 rings (SSSR count). The Balaban J connectivity index is 1.65. The van der Waals surface area contributed by atoms with E-state index in [2.05, 4.69) is 16.0 Å². The van der Waals surface area contributed by atoms with Gasteiger partial charge in [0.25, 0.3) is 11.8 Å². The van der Waals surface area contributed by atoms with Crippen LogP contribution in [0.3, 0.4) is 0 Å². The van der Waals surface area contributed by atoms with Crippen molar-refractivity contribution in [3.8, 4) is 5.69 Å². The lowest BCUT2D eigenvalue weighted by molar-refractivity contribution is 0.0846. The number of benzene rings is 2. The van der Waals surface area contributed by atoms with Crippen molar-refractivity contribution in [1.82, 2.24) is 20.6 Å². The molecule has 2 amide bonds. The van der Waals surface area contributed by atoms with Crippen LogP contribution in [-0.4, -0.2) is 21.6 Å². The molecular formula is C20H20N4O2. The van der Waals surface area contributed by atoms with Gasteiger partial charge in [0.15, 0.2) is 0 Å². The number of hydrogen-bond donors (Lipinski definition) is 2. The number of nitrogens with one attached hydrogen (secondary N) is 2. The van der Waals surface area contributed by atoms with Gasteiger partial charge in [-0.2, -0.15) is 5.10 Å². The van der Waals surface area contributed by atoms with Gasteiger partial charge >= 0.3 is 0 Å². The van der Waals surface area contributed by atoms with Gasteiger partial charge in [-0.25, -0.2) is 4.68 Å². The maximum Gasteiger partial charge on any atom is 0.269 e. The van der Waals surface area contributed by atoms with E-state index in [4.69, 9.17) is 0 Å². The van der Waals surface area contributed by atoms with Crippen molar-refractivity contribution in [3.63, 3.8) is 0 Å². The van der Waals surface area contributed by atoms with Crippen LogP contribution in [0.15, 0.2) is 54.7 Å². The minimum Gasteiger partial charge on any atom is -0.267 e. The lowest BCUT2D eigenvalue weighted by Crippen LogP contribution is -2.41. The molecule has 2 aromatic carbocycles. The number of aromatic nitrogens is 2. The maximum absolute atomic E-state index is 12.2. The summed E-state index contributed by atoms with van der Waals surface area (Å²) in [6.07, 6.45) is 1.72. The van der Waals surface area contributed by atoms with Crippen molar-refractivity contribution in [2.24, 2.45) is 0 Å². The first-order valence-electron chi connectivity index (χ1n) is 8.25. The van der Waals surface area contributed by atoms with Crippen LogP contribution in [0.5, 0.6) is 0 Å². The van der Waals surface area contributed by atoms with Crippen LogP contribution in [0.4, 0.5) is 0 Å². The van der Waals surface area contributed by atoms with Gasteiger partial charge in [-0.15, -0.1) is 0 Å². The van der Waals surface area contributed by atoms with Gasteiger partial charge < -0.3 is 0 Å². The number of carbonyl (C=O) groups is 2. The molecule has 0 aliphatic rings. The first kappa shape index (κ1) is 17.4. The lowest BCUT2D eigenvalue weighted by atomic mass is 10.1. The van der Waals surface area contributed by atoms with Gasteiger partial charge in [-0.1, -0.05) is 17.7 Å². The number of hydrazine groups is 1. The molecular weight excluding hydrogens is 328 g/mol. The summed E-state index contributed by atoms with van der Waals surface area (Å²) in [6, 6.07) is 14.4. The van der Waals surface area contributed by atoms with Crippen LogP contribution >= 0.6 is 0 Å². The van der Waals surface area contributed by atoms with E-state index in [0.29, 0.717) is 11.1 Å². The normalized spacial score (nSPS) is 10.4. The molecule has 0 radical (unpaired) electrons. The second-order valence-electron chi connectivity index (χ2n) is 6.16. The second kappa shape index (κ2) is 7.23. The minimum atomic E-state index is -0.383. The Hall–Kier alpha value is -3.41. The Morgan fingerprint density at radius 2 is 1.58 bits per heavy atom. The summed E-state index contributed by atoms with van der Waals surface area (Å²) in [7, 11) is 0. The summed E-state index contributed by atoms with van der Waals surface area (Å²) in [4.78, 5) is 24.5. The van der Waals surface area contributed by atoms with Gasteiger partial charge in [0.05, 0.1) is 5.69 Å². The number of carbonyl (C=O) groups excluding carboxylic acids is 2. The van der Waals surface area contributed by atoms with E-state index in [1.54, 1.807) is 41.2 Å². The standard InChI is InChI=1S/C20H20N4O2/c1-13-4-9-18(14(2)12-13)20(26)23-22-19(25)16-5-7-17(8-6-16)24-15(3)10-11-21-24/h4-12H,1-3H3,(H,22,25)(H,23,26). The average Bonchev–Trinajstić information content (AvgIpc) is 3.05. The molecule has 0 spiro atoms. The SMILES string of the molecule is Cc1ccc(C(=O)NNC(=O)c2ccc(-n3nccc3C)cc2)c(C)c1. The van der Waals surface area contributed by atoms with Crippen LogP contribution in [-0.2, 0) is 0 Å². The molecule has 1 aromatic heterocycles. The fourth-order valence-electron chi connectivity index (χ4n) is 2.72. The maximum atomic E-state index is 12.2. The summed E-state index contributed by atoms with van der Waals surface area (Å²) in [5, 5.41) is 4.23. The van der Waals surface area contributed by atoms with E-state index >= 15 is 0 Å². The molecule has 0 aliphatic carbocycles. The zero-order valence-electron chi connectivity index (χ0n) is 14.9. The Kier molecular flexibility index (Phi) is 4.84. The molecule has 3 aromatic rings.